The first-order valence-electron chi connectivity index (χ1n) is 6.11. The number of carbonyl (C=O) groups excluding carboxylic acids is 1. The van der Waals surface area contributed by atoms with Crippen molar-refractivity contribution in [2.75, 3.05) is 11.9 Å². The van der Waals surface area contributed by atoms with Crippen molar-refractivity contribution in [1.29, 1.82) is 0 Å². The van der Waals surface area contributed by atoms with Crippen molar-refractivity contribution in [1.82, 2.24) is 0 Å². The smallest absolute Gasteiger partial charge is 0.248 e. The van der Waals surface area contributed by atoms with Gasteiger partial charge in [0.25, 0.3) is 0 Å². The first-order chi connectivity index (χ1) is 9.67. The summed E-state index contributed by atoms with van der Waals surface area (Å²) in [4.78, 5) is 11.7. The zero-order valence-electron chi connectivity index (χ0n) is 10.7. The molecule has 4 nitrogen and oxygen atoms in total. The van der Waals surface area contributed by atoms with E-state index in [4.69, 9.17) is 9.52 Å². The van der Waals surface area contributed by atoms with E-state index in [1.54, 1.807) is 30.3 Å². The van der Waals surface area contributed by atoms with E-state index in [1.165, 1.54) is 6.08 Å². The van der Waals surface area contributed by atoms with Gasteiger partial charge in [-0.15, -0.1) is 0 Å². The standard InChI is InChI=1S/C15H14BrNO3/c16-14-7-5-13(20-14)6-8-15(19)17-12-3-1-11(2-4-12)9-10-18/h1-8,18H,9-10H2,(H,17,19). The summed E-state index contributed by atoms with van der Waals surface area (Å²) in [6.45, 7) is 0.118. The molecular formula is C15H14BrNO3. The third kappa shape index (κ3) is 4.36. The molecule has 2 rings (SSSR count). The molecule has 1 heterocycles. The third-order valence-corrected chi connectivity index (χ3v) is 3.04. The molecule has 0 fully saturated rings. The lowest BCUT2D eigenvalue weighted by atomic mass is 10.1. The zero-order valence-corrected chi connectivity index (χ0v) is 12.3. The Morgan fingerprint density at radius 2 is 2.00 bits per heavy atom. The lowest BCUT2D eigenvalue weighted by molar-refractivity contribution is -0.111. The first-order valence-corrected chi connectivity index (χ1v) is 6.91. The van der Waals surface area contributed by atoms with Gasteiger partial charge in [0, 0.05) is 18.4 Å². The fraction of sp³-hybridized carbons (Fsp3) is 0.133. The third-order valence-electron chi connectivity index (χ3n) is 2.61. The molecule has 1 aromatic carbocycles. The topological polar surface area (TPSA) is 62.5 Å². The molecule has 0 radical (unpaired) electrons. The molecule has 5 heteroatoms. The van der Waals surface area contributed by atoms with Gasteiger partial charge in [0.15, 0.2) is 4.67 Å². The molecular weight excluding hydrogens is 322 g/mol. The van der Waals surface area contributed by atoms with Gasteiger partial charge in [0.05, 0.1) is 0 Å². The molecule has 0 saturated carbocycles. The van der Waals surface area contributed by atoms with Crippen LogP contribution in [-0.2, 0) is 11.2 Å². The minimum atomic E-state index is -0.229. The number of nitrogens with one attached hydrogen (secondary N) is 1. The van der Waals surface area contributed by atoms with Crippen LogP contribution >= 0.6 is 15.9 Å². The van der Waals surface area contributed by atoms with Crippen LogP contribution in [0, 0.1) is 0 Å². The van der Waals surface area contributed by atoms with Gasteiger partial charge in [0.1, 0.15) is 5.76 Å². The van der Waals surface area contributed by atoms with Gasteiger partial charge >= 0.3 is 0 Å². The van der Waals surface area contributed by atoms with Crippen molar-refractivity contribution < 1.29 is 14.3 Å². The summed E-state index contributed by atoms with van der Waals surface area (Å²) < 4.78 is 5.88. The molecule has 0 aliphatic rings. The highest BCUT2D eigenvalue weighted by Gasteiger charge is 2.00. The van der Waals surface area contributed by atoms with E-state index >= 15 is 0 Å². The van der Waals surface area contributed by atoms with Gasteiger partial charge in [0.2, 0.25) is 5.91 Å². The highest BCUT2D eigenvalue weighted by Crippen LogP contribution is 2.15. The van der Waals surface area contributed by atoms with Crippen LogP contribution in [0.15, 0.2) is 51.6 Å². The van der Waals surface area contributed by atoms with E-state index < -0.39 is 0 Å². The van der Waals surface area contributed by atoms with Crippen LogP contribution in [0.3, 0.4) is 0 Å². The van der Waals surface area contributed by atoms with Crippen molar-refractivity contribution in [2.45, 2.75) is 6.42 Å². The second-order valence-electron chi connectivity index (χ2n) is 4.13. The molecule has 20 heavy (non-hydrogen) atoms. The molecule has 0 saturated heterocycles. The summed E-state index contributed by atoms with van der Waals surface area (Å²) in [5, 5.41) is 11.6. The Bertz CT molecular complexity index is 602. The number of halogens is 1. The predicted octanol–water partition coefficient (Wildman–Crippen LogP) is 3.23. The predicted molar refractivity (Wildman–Crippen MR) is 81.3 cm³/mol. The number of amides is 1. The maximum absolute atomic E-state index is 11.7. The zero-order chi connectivity index (χ0) is 14.4. The Morgan fingerprint density at radius 3 is 2.60 bits per heavy atom. The van der Waals surface area contributed by atoms with Gasteiger partial charge < -0.3 is 14.8 Å². The highest BCUT2D eigenvalue weighted by atomic mass is 79.9. The average Bonchev–Trinajstić information content (AvgIpc) is 2.85. The Hall–Kier alpha value is -1.85. The highest BCUT2D eigenvalue weighted by molar-refractivity contribution is 9.10. The van der Waals surface area contributed by atoms with E-state index in [-0.39, 0.29) is 12.5 Å². The number of furan rings is 1. The van der Waals surface area contributed by atoms with E-state index in [0.29, 0.717) is 22.5 Å². The second kappa shape index (κ2) is 7.07. The van der Waals surface area contributed by atoms with Gasteiger partial charge in [-0.3, -0.25) is 4.79 Å². The number of benzene rings is 1. The van der Waals surface area contributed by atoms with Crippen LogP contribution < -0.4 is 5.32 Å². The van der Waals surface area contributed by atoms with Crippen molar-refractivity contribution in [2.24, 2.45) is 0 Å². The molecule has 104 valence electrons. The molecule has 2 N–H and O–H groups in total. The fourth-order valence-electron chi connectivity index (χ4n) is 1.64. The normalized spacial score (nSPS) is 10.9. The van der Waals surface area contributed by atoms with Crippen molar-refractivity contribution >= 4 is 33.6 Å². The average molecular weight is 336 g/mol. The van der Waals surface area contributed by atoms with E-state index in [0.717, 1.165) is 5.56 Å². The lowest BCUT2D eigenvalue weighted by Gasteiger charge is -2.03. The number of aliphatic hydroxyl groups is 1. The SMILES string of the molecule is O=C(C=Cc1ccc(Br)o1)Nc1ccc(CCO)cc1. The van der Waals surface area contributed by atoms with Crippen molar-refractivity contribution in [3.63, 3.8) is 0 Å². The van der Waals surface area contributed by atoms with Crippen molar-refractivity contribution in [3.05, 3.63) is 58.5 Å². The van der Waals surface area contributed by atoms with Crippen molar-refractivity contribution in [3.8, 4) is 0 Å². The number of hydrogen-bond acceptors (Lipinski definition) is 3. The summed E-state index contributed by atoms with van der Waals surface area (Å²) in [6.07, 6.45) is 3.62. The number of anilines is 1. The Labute approximate surface area is 125 Å². The summed E-state index contributed by atoms with van der Waals surface area (Å²) in [5.41, 5.74) is 1.74. The summed E-state index contributed by atoms with van der Waals surface area (Å²) in [7, 11) is 0. The van der Waals surface area contributed by atoms with Crippen LogP contribution in [0.5, 0.6) is 0 Å². The monoisotopic (exact) mass is 335 g/mol. The largest absolute Gasteiger partial charge is 0.450 e. The van der Waals surface area contributed by atoms with Crippen LogP contribution in [-0.4, -0.2) is 17.6 Å². The molecule has 0 aliphatic heterocycles. The molecule has 1 amide bonds. The number of carbonyl (C=O) groups is 1. The Balaban J connectivity index is 1.92. The van der Waals surface area contributed by atoms with Gasteiger partial charge in [-0.1, -0.05) is 12.1 Å². The molecule has 2 aromatic rings. The molecule has 0 unspecified atom stereocenters. The molecule has 1 aromatic heterocycles. The second-order valence-corrected chi connectivity index (χ2v) is 4.92. The molecule has 0 aliphatic carbocycles. The van der Waals surface area contributed by atoms with Crippen LogP contribution in [0.2, 0.25) is 0 Å². The maximum atomic E-state index is 11.7. The van der Waals surface area contributed by atoms with Gasteiger partial charge in [-0.05, 0) is 58.3 Å². The minimum absolute atomic E-state index is 0.118. The molecule has 0 atom stereocenters. The van der Waals surface area contributed by atoms with Crippen LogP contribution in [0.25, 0.3) is 6.08 Å². The summed E-state index contributed by atoms with van der Waals surface area (Å²) >= 11 is 3.19. The number of hydrogen-bond donors (Lipinski definition) is 2. The van der Waals surface area contributed by atoms with Gasteiger partial charge in [-0.25, -0.2) is 0 Å². The van der Waals surface area contributed by atoms with Gasteiger partial charge in [-0.2, -0.15) is 0 Å². The molecule has 0 bridgehead atoms. The van der Waals surface area contributed by atoms with E-state index in [9.17, 15) is 4.79 Å². The van der Waals surface area contributed by atoms with E-state index in [1.807, 2.05) is 12.1 Å². The summed E-state index contributed by atoms with van der Waals surface area (Å²) in [5.74, 6) is 0.373. The Morgan fingerprint density at radius 1 is 1.25 bits per heavy atom. The lowest BCUT2D eigenvalue weighted by Crippen LogP contribution is -2.07. The summed E-state index contributed by atoms with van der Waals surface area (Å²) in [6, 6.07) is 10.9. The van der Waals surface area contributed by atoms with E-state index in [2.05, 4.69) is 21.2 Å². The molecule has 0 spiro atoms. The quantitative estimate of drug-likeness (QED) is 0.824. The fourth-order valence-corrected chi connectivity index (χ4v) is 1.96. The number of rotatable bonds is 5. The Kier molecular flexibility index (Phi) is 5.15. The minimum Gasteiger partial charge on any atom is -0.450 e. The maximum Gasteiger partial charge on any atom is 0.248 e. The van der Waals surface area contributed by atoms with Crippen LogP contribution in [0.1, 0.15) is 11.3 Å². The van der Waals surface area contributed by atoms with Crippen LogP contribution in [0.4, 0.5) is 5.69 Å². The first kappa shape index (κ1) is 14.6. The number of aliphatic hydroxyl groups excluding tert-OH is 1.